The summed E-state index contributed by atoms with van der Waals surface area (Å²) >= 11 is 0.439. The molecule has 0 amide bonds. The Morgan fingerprint density at radius 2 is 1.77 bits per heavy atom. The van der Waals surface area contributed by atoms with Crippen LogP contribution in [0, 0.1) is 5.82 Å². The molecule has 0 fully saturated rings. The van der Waals surface area contributed by atoms with Gasteiger partial charge in [-0.15, -0.1) is 11.3 Å². The normalized spacial score (nSPS) is 12.6. The van der Waals surface area contributed by atoms with E-state index < -0.39 is 33.6 Å². The van der Waals surface area contributed by atoms with Gasteiger partial charge in [0, 0.05) is 5.56 Å². The van der Waals surface area contributed by atoms with Crippen LogP contribution < -0.4 is 0 Å². The molecule has 0 aliphatic carbocycles. The lowest BCUT2D eigenvalue weighted by atomic mass is 10.0. The third kappa shape index (κ3) is 4.05. The van der Waals surface area contributed by atoms with Gasteiger partial charge in [-0.1, -0.05) is 12.1 Å². The van der Waals surface area contributed by atoms with E-state index in [2.05, 4.69) is 4.18 Å². The van der Waals surface area contributed by atoms with Crippen molar-refractivity contribution in [1.82, 2.24) is 0 Å². The van der Waals surface area contributed by atoms with Crippen molar-refractivity contribution in [3.05, 3.63) is 45.9 Å². The van der Waals surface area contributed by atoms with Gasteiger partial charge in [0.05, 0.1) is 12.9 Å². The largest absolute Gasteiger partial charge is 0.425 e. The number of benzene rings is 1. The molecule has 0 unspecified atom stereocenters. The lowest BCUT2D eigenvalue weighted by molar-refractivity contribution is -0.135. The van der Waals surface area contributed by atoms with Crippen molar-refractivity contribution >= 4 is 21.5 Å². The molecule has 120 valence electrons. The lowest BCUT2D eigenvalue weighted by Crippen LogP contribution is -2.09. The molecule has 0 bridgehead atoms. The Bertz CT molecular complexity index is 762. The molecule has 0 atom stereocenters. The molecule has 0 spiro atoms. The van der Waals surface area contributed by atoms with Crippen molar-refractivity contribution in [2.45, 2.75) is 12.8 Å². The molecule has 0 aliphatic heterocycles. The van der Waals surface area contributed by atoms with Crippen LogP contribution in [-0.4, -0.2) is 14.7 Å². The fourth-order valence-corrected chi connectivity index (χ4v) is 3.09. The zero-order valence-electron chi connectivity index (χ0n) is 11.1. The number of hydrogen-bond acceptors (Lipinski definition) is 4. The smallest absolute Gasteiger partial charge is 0.265 e. The minimum atomic E-state index is -4.63. The third-order valence-corrected chi connectivity index (χ3v) is 4.34. The van der Waals surface area contributed by atoms with E-state index in [1.807, 2.05) is 0 Å². The van der Waals surface area contributed by atoms with E-state index in [9.17, 15) is 26.0 Å². The van der Waals surface area contributed by atoms with Crippen molar-refractivity contribution in [2.24, 2.45) is 0 Å². The third-order valence-electron chi connectivity index (χ3n) is 2.72. The first kappa shape index (κ1) is 16.9. The Labute approximate surface area is 128 Å². The Balaban J connectivity index is 2.50. The van der Waals surface area contributed by atoms with Crippen molar-refractivity contribution in [3.8, 4) is 11.1 Å². The SMILES string of the molecule is CS(=O)(=O)OCc1c(-c2ccc(F)cc2)csc1C(F)(F)F. The molecule has 2 rings (SSSR count). The number of alkyl halides is 3. The maximum absolute atomic E-state index is 13.0. The predicted octanol–water partition coefficient (Wildman–Crippen LogP) is 4.05. The van der Waals surface area contributed by atoms with Gasteiger partial charge in [-0.2, -0.15) is 21.6 Å². The molecule has 9 heteroatoms. The molecule has 0 N–H and O–H groups in total. The highest BCUT2D eigenvalue weighted by molar-refractivity contribution is 7.85. The molecule has 22 heavy (non-hydrogen) atoms. The summed E-state index contributed by atoms with van der Waals surface area (Å²) in [6, 6.07) is 4.87. The average molecular weight is 354 g/mol. The van der Waals surface area contributed by atoms with Gasteiger partial charge in [-0.05, 0) is 28.6 Å². The lowest BCUT2D eigenvalue weighted by Gasteiger charge is -2.10. The summed E-state index contributed by atoms with van der Waals surface area (Å²) in [5, 5.41) is 1.25. The zero-order valence-corrected chi connectivity index (χ0v) is 12.8. The van der Waals surface area contributed by atoms with Gasteiger partial charge >= 0.3 is 6.18 Å². The van der Waals surface area contributed by atoms with Gasteiger partial charge in [-0.3, -0.25) is 4.18 Å². The van der Waals surface area contributed by atoms with Crippen LogP contribution in [0.4, 0.5) is 17.6 Å². The molecule has 1 heterocycles. The minimum absolute atomic E-state index is 0.168. The summed E-state index contributed by atoms with van der Waals surface area (Å²) in [4.78, 5) is -0.935. The van der Waals surface area contributed by atoms with Gasteiger partial charge in [0.2, 0.25) is 0 Å². The quantitative estimate of drug-likeness (QED) is 0.615. The molecule has 0 saturated heterocycles. The van der Waals surface area contributed by atoms with Gasteiger partial charge in [0.25, 0.3) is 10.1 Å². The van der Waals surface area contributed by atoms with Crippen LogP contribution in [0.5, 0.6) is 0 Å². The standard InChI is InChI=1S/C13H10F4O3S2/c1-22(18,19)20-6-10-11(7-21-12(10)13(15,16)17)8-2-4-9(14)5-3-8/h2-5,7H,6H2,1H3. The number of halogens is 4. The summed E-state index contributed by atoms with van der Waals surface area (Å²) in [7, 11) is -3.89. The Morgan fingerprint density at radius 1 is 1.18 bits per heavy atom. The van der Waals surface area contributed by atoms with Crippen LogP contribution in [-0.2, 0) is 27.1 Å². The second kappa shape index (κ2) is 5.98. The molecule has 1 aromatic heterocycles. The molecule has 0 radical (unpaired) electrons. The molecule has 2 aromatic rings. The Kier molecular flexibility index (Phi) is 4.59. The summed E-state index contributed by atoms with van der Waals surface area (Å²) in [5.74, 6) is -0.524. The topological polar surface area (TPSA) is 43.4 Å². The molecule has 3 nitrogen and oxygen atoms in total. The van der Waals surface area contributed by atoms with Crippen molar-refractivity contribution in [1.29, 1.82) is 0 Å². The second-order valence-electron chi connectivity index (χ2n) is 4.43. The van der Waals surface area contributed by atoms with Crippen LogP contribution in [0.2, 0.25) is 0 Å². The first-order chi connectivity index (χ1) is 10.1. The van der Waals surface area contributed by atoms with Gasteiger partial charge in [0.1, 0.15) is 10.7 Å². The van der Waals surface area contributed by atoms with E-state index in [4.69, 9.17) is 0 Å². The van der Waals surface area contributed by atoms with Crippen molar-refractivity contribution in [2.75, 3.05) is 6.26 Å². The molecule has 0 aliphatic rings. The molecule has 1 aromatic carbocycles. The fourth-order valence-electron chi connectivity index (χ4n) is 1.80. The number of hydrogen-bond donors (Lipinski definition) is 0. The maximum atomic E-state index is 13.0. The highest BCUT2D eigenvalue weighted by atomic mass is 32.2. The zero-order chi connectivity index (χ0) is 16.5. The summed E-state index contributed by atoms with van der Waals surface area (Å²) in [5.41, 5.74) is 0.232. The number of rotatable bonds is 4. The average Bonchev–Trinajstić information content (AvgIpc) is 2.80. The molecular formula is C13H10F4O3S2. The van der Waals surface area contributed by atoms with E-state index in [0.717, 1.165) is 18.4 Å². The first-order valence-corrected chi connectivity index (χ1v) is 8.55. The predicted molar refractivity (Wildman–Crippen MR) is 74.3 cm³/mol. The van der Waals surface area contributed by atoms with Crippen LogP contribution in [0.1, 0.15) is 10.4 Å². The summed E-state index contributed by atoms with van der Waals surface area (Å²) in [6.45, 7) is -0.732. The van der Waals surface area contributed by atoms with E-state index in [1.165, 1.54) is 17.5 Å². The Hall–Kier alpha value is -1.45. The highest BCUT2D eigenvalue weighted by Crippen LogP contribution is 2.42. The van der Waals surface area contributed by atoms with Crippen LogP contribution >= 0.6 is 11.3 Å². The molecule has 0 saturated carbocycles. The van der Waals surface area contributed by atoms with Gasteiger partial charge in [-0.25, -0.2) is 4.39 Å². The minimum Gasteiger partial charge on any atom is -0.265 e. The molecular weight excluding hydrogens is 344 g/mol. The van der Waals surface area contributed by atoms with E-state index in [0.29, 0.717) is 16.9 Å². The Morgan fingerprint density at radius 3 is 2.27 bits per heavy atom. The van der Waals surface area contributed by atoms with E-state index in [-0.39, 0.29) is 11.1 Å². The van der Waals surface area contributed by atoms with Gasteiger partial charge in [0.15, 0.2) is 0 Å². The fraction of sp³-hybridized carbons (Fsp3) is 0.231. The van der Waals surface area contributed by atoms with Gasteiger partial charge < -0.3 is 0 Å². The number of thiophene rings is 1. The van der Waals surface area contributed by atoms with Crippen LogP contribution in [0.25, 0.3) is 11.1 Å². The van der Waals surface area contributed by atoms with Crippen molar-refractivity contribution in [3.63, 3.8) is 0 Å². The summed E-state index contributed by atoms with van der Waals surface area (Å²) < 4.78 is 78.5. The monoisotopic (exact) mass is 354 g/mol. The van der Waals surface area contributed by atoms with Crippen LogP contribution in [0.15, 0.2) is 29.6 Å². The van der Waals surface area contributed by atoms with Crippen molar-refractivity contribution < 1.29 is 30.2 Å². The van der Waals surface area contributed by atoms with E-state index in [1.54, 1.807) is 0 Å². The van der Waals surface area contributed by atoms with Crippen LogP contribution in [0.3, 0.4) is 0 Å². The van der Waals surface area contributed by atoms with E-state index >= 15 is 0 Å². The summed E-state index contributed by atoms with van der Waals surface area (Å²) in [6.07, 6.45) is -3.87. The first-order valence-electron chi connectivity index (χ1n) is 5.86. The maximum Gasteiger partial charge on any atom is 0.425 e. The second-order valence-corrected chi connectivity index (χ2v) is 6.95. The highest BCUT2D eigenvalue weighted by Gasteiger charge is 2.36.